The van der Waals surface area contributed by atoms with Gasteiger partial charge in [0.15, 0.2) is 0 Å². The molecule has 5 aliphatic rings. The van der Waals surface area contributed by atoms with Crippen molar-refractivity contribution in [1.29, 1.82) is 0 Å². The van der Waals surface area contributed by atoms with Gasteiger partial charge in [0.2, 0.25) is 0 Å². The van der Waals surface area contributed by atoms with Crippen LogP contribution in [0.25, 0.3) is 5.41 Å². The number of amidine groups is 1. The molecule has 6 rings (SSSR count). The Kier molecular flexibility index (Phi) is 33.4. The Balaban J connectivity index is 0. The zero-order chi connectivity index (χ0) is 43.0. The molecular formula is C44H74Cl5F2N3S2Ti2-2. The normalized spacial score (nSPS) is 28.9. The minimum absolute atomic E-state index is 0. The fourth-order valence-corrected chi connectivity index (χ4v) is 12.4. The Morgan fingerprint density at radius 3 is 1.31 bits per heavy atom. The number of likely N-dealkylation sites (tertiary alicyclic amines) is 1. The molecule has 1 aromatic carbocycles. The van der Waals surface area contributed by atoms with Crippen LogP contribution in [0.4, 0.5) is 8.78 Å². The topological polar surface area (TPSA) is 28.8 Å². The molecule has 0 spiro atoms. The van der Waals surface area contributed by atoms with Crippen LogP contribution in [0.3, 0.4) is 0 Å². The predicted molar refractivity (Wildman–Crippen MR) is 256 cm³/mol. The molecule has 58 heavy (non-hydrogen) atoms. The number of piperidine rings is 1. The summed E-state index contributed by atoms with van der Waals surface area (Å²) in [6.45, 7) is 35.3. The Labute approximate surface area is 398 Å². The SMILES string of the molecule is CC1=C(C)C2C(C)C(C)C(C)C2S1.CC1=C(C)C2C(C)C(C)C(C)C2S1.CCN(CC)CC.[CH3-].[CH3-].[Cl][Ti+]([Cl])[Cl].[Cl][Ti][Cl].[N-]=C(c1c(F)cccc1F)N1CCCCC1. The van der Waals surface area contributed by atoms with Crippen LogP contribution in [0.15, 0.2) is 39.2 Å². The summed E-state index contributed by atoms with van der Waals surface area (Å²) in [4.78, 5) is 7.20. The van der Waals surface area contributed by atoms with Gasteiger partial charge in [-0.2, -0.15) is 0 Å². The minimum Gasteiger partial charge on any atom is -0.468 e. The van der Waals surface area contributed by atoms with Crippen molar-refractivity contribution in [2.45, 2.75) is 120 Å². The maximum Gasteiger partial charge on any atom is 0.133 e. The molecule has 3 fully saturated rings. The molecule has 3 heterocycles. The summed E-state index contributed by atoms with van der Waals surface area (Å²) in [7, 11) is 24.7. The molecule has 0 aromatic heterocycles. The van der Waals surface area contributed by atoms with Crippen molar-refractivity contribution in [1.82, 2.24) is 9.80 Å². The van der Waals surface area contributed by atoms with Crippen molar-refractivity contribution in [2.24, 2.45) is 47.3 Å². The third kappa shape index (κ3) is 17.9. The van der Waals surface area contributed by atoms with Gasteiger partial charge >= 0.3 is 78.2 Å². The van der Waals surface area contributed by atoms with E-state index in [1.807, 2.05) is 0 Å². The molecule has 3 aliphatic heterocycles. The van der Waals surface area contributed by atoms with E-state index in [0.717, 1.165) is 89.2 Å². The van der Waals surface area contributed by atoms with Crippen LogP contribution in [-0.2, 0) is 31.7 Å². The second-order valence-electron chi connectivity index (χ2n) is 15.7. The Hall–Kier alpha value is 1.57. The monoisotopic (exact) mass is 1020 g/mol. The minimum atomic E-state index is -1.92. The number of fused-ring (bicyclic) bond motifs is 2. The third-order valence-electron chi connectivity index (χ3n) is 13.1. The molecule has 10 unspecified atom stereocenters. The van der Waals surface area contributed by atoms with Crippen molar-refractivity contribution >= 4 is 75.9 Å². The molecule has 10 atom stereocenters. The molecule has 0 N–H and O–H groups in total. The maximum atomic E-state index is 13.4. The smallest absolute Gasteiger partial charge is 0.133 e. The third-order valence-corrected chi connectivity index (χ3v) is 16.5. The maximum absolute atomic E-state index is 13.4. The van der Waals surface area contributed by atoms with Gasteiger partial charge in [-0.25, -0.2) is 8.78 Å². The van der Waals surface area contributed by atoms with Crippen molar-refractivity contribution < 1.29 is 40.5 Å². The van der Waals surface area contributed by atoms with E-state index in [9.17, 15) is 14.2 Å². The van der Waals surface area contributed by atoms with Crippen molar-refractivity contribution in [3.05, 3.63) is 76.6 Å². The number of allylic oxidation sites excluding steroid dienone is 4. The second-order valence-corrected chi connectivity index (χ2v) is 28.8. The summed E-state index contributed by atoms with van der Waals surface area (Å²) in [5.74, 6) is 5.45. The van der Waals surface area contributed by atoms with Gasteiger partial charge in [-0.15, -0.1) is 23.5 Å². The van der Waals surface area contributed by atoms with Crippen LogP contribution in [0, 0.1) is 73.8 Å². The van der Waals surface area contributed by atoms with E-state index in [-0.39, 0.29) is 26.3 Å². The van der Waals surface area contributed by atoms with E-state index in [1.165, 1.54) is 25.7 Å². The first-order valence-corrected chi connectivity index (χ1v) is 32.7. The largest absolute Gasteiger partial charge is 0.468 e. The molecule has 2 saturated carbocycles. The average molecular weight is 1020 g/mol. The summed E-state index contributed by atoms with van der Waals surface area (Å²) in [6, 6.07) is 3.59. The summed E-state index contributed by atoms with van der Waals surface area (Å²) in [5.41, 5.74) is 3.04. The van der Waals surface area contributed by atoms with Crippen LogP contribution in [0.5, 0.6) is 0 Å². The van der Waals surface area contributed by atoms with E-state index in [1.54, 1.807) is 25.9 Å². The van der Waals surface area contributed by atoms with E-state index in [0.29, 0.717) is 13.1 Å². The fourth-order valence-electron chi connectivity index (χ4n) is 8.81. The van der Waals surface area contributed by atoms with Crippen molar-refractivity contribution in [3.63, 3.8) is 0 Å². The van der Waals surface area contributed by atoms with E-state index >= 15 is 0 Å². The van der Waals surface area contributed by atoms with Gasteiger partial charge in [0, 0.05) is 16.1 Å². The van der Waals surface area contributed by atoms with Gasteiger partial charge in [0.1, 0.15) is 11.6 Å². The average Bonchev–Trinajstić information content (AvgIpc) is 3.77. The molecule has 0 bridgehead atoms. The van der Waals surface area contributed by atoms with E-state index in [2.05, 4.69) is 118 Å². The molecule has 1 saturated heterocycles. The number of thioether (sulfide) groups is 2. The van der Waals surface area contributed by atoms with E-state index in [4.69, 9.17) is 46.5 Å². The summed E-state index contributed by atoms with van der Waals surface area (Å²) in [5, 5.41) is 11.7. The Morgan fingerprint density at radius 2 is 1.03 bits per heavy atom. The zero-order valence-corrected chi connectivity index (χ0v) is 46.5. The standard InChI is InChI=1S/C12H13F2N2.2C12H20S.C6H15N.2CH3.5ClH.2Ti/c13-9-5-4-6-10(14)11(9)12(15)16-7-2-1-3-8-16;2*1-6-7(2)11-9(4)10(5)13-12(11)8(6)3;1-4-7(5-2)6-3;;;;;;;;;/h4-6H,1-3,7-8H2;2*6-8,11-12H,1-5H3;4-6H2,1-3H3;2*1H3;5*1H;;/q-1;;;;2*-1;;;;;;+2;+4/p-5. The van der Waals surface area contributed by atoms with Crippen LogP contribution in [0.1, 0.15) is 115 Å². The molecule has 3 nitrogen and oxygen atoms in total. The summed E-state index contributed by atoms with van der Waals surface area (Å²) < 4.78 is 26.8. The van der Waals surface area contributed by atoms with E-state index < -0.39 is 43.4 Å². The fraction of sp³-hybridized carbons (Fsp3) is 0.705. The molecule has 14 heteroatoms. The summed E-state index contributed by atoms with van der Waals surface area (Å²) in [6.07, 6.45) is 2.99. The Bertz CT molecular complexity index is 1320. The van der Waals surface area contributed by atoms with Gasteiger partial charge in [0.25, 0.3) is 0 Å². The van der Waals surface area contributed by atoms with Gasteiger partial charge in [-0.1, -0.05) is 105 Å². The number of halogens is 7. The van der Waals surface area contributed by atoms with Crippen LogP contribution < -0.4 is 0 Å². The summed E-state index contributed by atoms with van der Waals surface area (Å²) >= 11 is 1.81. The molecule has 0 radical (unpaired) electrons. The molecule has 1 aromatic rings. The number of nitrogens with zero attached hydrogens (tertiary/aromatic N) is 3. The number of hydrogen-bond acceptors (Lipinski definition) is 3. The first-order chi connectivity index (χ1) is 26.3. The zero-order valence-electron chi connectivity index (χ0n) is 38.0. The van der Waals surface area contributed by atoms with Gasteiger partial charge < -0.3 is 30.1 Å². The molecule has 0 amide bonds. The van der Waals surface area contributed by atoms with Gasteiger partial charge in [0.05, 0.1) is 0 Å². The predicted octanol–water partition coefficient (Wildman–Crippen LogP) is 16.3. The first-order valence-electron chi connectivity index (χ1n) is 20.2. The number of rotatable bonds is 4. The van der Waals surface area contributed by atoms with Crippen LogP contribution >= 0.6 is 70.0 Å². The molecule has 2 aliphatic carbocycles. The van der Waals surface area contributed by atoms with Crippen molar-refractivity contribution in [2.75, 3.05) is 32.7 Å². The van der Waals surface area contributed by atoms with Crippen molar-refractivity contribution in [3.8, 4) is 0 Å². The second kappa shape index (κ2) is 31.4. The van der Waals surface area contributed by atoms with Gasteiger partial charge in [-0.3, -0.25) is 0 Å². The Morgan fingerprint density at radius 1 is 0.707 bits per heavy atom. The van der Waals surface area contributed by atoms with Crippen LogP contribution in [-0.4, -0.2) is 58.9 Å². The first kappa shape index (κ1) is 61.7. The van der Waals surface area contributed by atoms with Gasteiger partial charge in [-0.05, 0) is 130 Å². The quantitative estimate of drug-likeness (QED) is 0.130. The van der Waals surface area contributed by atoms with Crippen LogP contribution in [0.2, 0.25) is 0 Å². The molecular weight excluding hydrogens is 946 g/mol. The molecule has 336 valence electrons. The number of hydrogen-bond donors (Lipinski definition) is 0. The number of benzene rings is 1.